The third-order valence-electron chi connectivity index (χ3n) is 4.18. The quantitative estimate of drug-likeness (QED) is 0.714. The Kier molecular flexibility index (Phi) is 4.79. The second-order valence-electron chi connectivity index (χ2n) is 6.46. The maximum atomic E-state index is 12.5. The summed E-state index contributed by atoms with van der Waals surface area (Å²) in [5.74, 6) is -0.360. The maximum absolute atomic E-state index is 12.5. The van der Waals surface area contributed by atoms with Crippen LogP contribution in [-0.4, -0.2) is 32.3 Å². The van der Waals surface area contributed by atoms with Gasteiger partial charge in [-0.2, -0.15) is 5.10 Å². The summed E-state index contributed by atoms with van der Waals surface area (Å²) < 4.78 is 8.93. The lowest BCUT2D eigenvalue weighted by atomic mass is 10.2. The maximum Gasteiger partial charge on any atom is 0.341 e. The van der Waals surface area contributed by atoms with Crippen molar-refractivity contribution in [2.45, 2.75) is 32.9 Å². The van der Waals surface area contributed by atoms with Gasteiger partial charge in [0.15, 0.2) is 6.10 Å². The molecule has 1 atom stereocenters. The number of fused-ring (bicyclic) bond motifs is 1. The minimum absolute atomic E-state index is 0.105. The Morgan fingerprint density at radius 2 is 1.88 bits per heavy atom. The van der Waals surface area contributed by atoms with E-state index in [-0.39, 0.29) is 6.04 Å². The van der Waals surface area contributed by atoms with Crippen molar-refractivity contribution in [3.8, 4) is 0 Å². The summed E-state index contributed by atoms with van der Waals surface area (Å²) >= 11 is 0. The van der Waals surface area contributed by atoms with Crippen LogP contribution >= 0.6 is 0 Å². The first-order valence-corrected chi connectivity index (χ1v) is 8.48. The number of nitrogens with zero attached hydrogens (tertiary/aromatic N) is 3. The highest BCUT2D eigenvalue weighted by atomic mass is 16.5. The summed E-state index contributed by atoms with van der Waals surface area (Å²) in [7, 11) is 1.86. The van der Waals surface area contributed by atoms with Crippen LogP contribution in [0.4, 0.5) is 5.82 Å². The fraction of sp³-hybridized carbons (Fsp3) is 0.316. The van der Waals surface area contributed by atoms with E-state index in [9.17, 15) is 9.59 Å². The zero-order chi connectivity index (χ0) is 18.8. The van der Waals surface area contributed by atoms with Gasteiger partial charge in [-0.1, -0.05) is 18.2 Å². The van der Waals surface area contributed by atoms with Crippen LogP contribution in [0.2, 0.25) is 0 Å². The lowest BCUT2D eigenvalue weighted by Gasteiger charge is -2.15. The van der Waals surface area contributed by atoms with E-state index in [0.29, 0.717) is 11.4 Å². The Hall–Kier alpha value is -3.09. The molecule has 3 rings (SSSR count). The number of anilines is 1. The first kappa shape index (κ1) is 17.7. The van der Waals surface area contributed by atoms with Gasteiger partial charge in [0.1, 0.15) is 5.82 Å². The number of aromatic nitrogens is 3. The molecule has 0 saturated carbocycles. The molecule has 0 spiro atoms. The number of rotatable bonds is 5. The van der Waals surface area contributed by atoms with Gasteiger partial charge in [0.25, 0.3) is 5.91 Å². The van der Waals surface area contributed by atoms with Crippen LogP contribution in [0.5, 0.6) is 0 Å². The molecule has 0 aliphatic heterocycles. The van der Waals surface area contributed by atoms with Gasteiger partial charge in [-0.15, -0.1) is 0 Å². The molecule has 0 aliphatic rings. The lowest BCUT2D eigenvalue weighted by Crippen LogP contribution is -2.31. The molecule has 1 N–H and O–H groups in total. The Labute approximate surface area is 151 Å². The molecule has 136 valence electrons. The highest BCUT2D eigenvalue weighted by molar-refractivity contribution is 6.05. The molecule has 0 radical (unpaired) electrons. The van der Waals surface area contributed by atoms with Gasteiger partial charge in [-0.05, 0) is 26.8 Å². The average molecular weight is 354 g/mol. The van der Waals surface area contributed by atoms with E-state index in [1.807, 2.05) is 49.7 Å². The van der Waals surface area contributed by atoms with E-state index in [4.69, 9.17) is 4.74 Å². The Balaban J connectivity index is 1.72. The van der Waals surface area contributed by atoms with Crippen LogP contribution in [0, 0.1) is 0 Å². The summed E-state index contributed by atoms with van der Waals surface area (Å²) in [6.07, 6.45) is 2.39. The van der Waals surface area contributed by atoms with Crippen LogP contribution in [0.1, 0.15) is 37.2 Å². The van der Waals surface area contributed by atoms with Crippen molar-refractivity contribution < 1.29 is 14.3 Å². The van der Waals surface area contributed by atoms with Crippen molar-refractivity contribution in [2.75, 3.05) is 5.32 Å². The van der Waals surface area contributed by atoms with Gasteiger partial charge in [0, 0.05) is 36.3 Å². The molecule has 1 amide bonds. The molecule has 2 heterocycles. The third kappa shape index (κ3) is 3.33. The number of ether oxygens (including phenoxy) is 1. The Morgan fingerprint density at radius 3 is 2.62 bits per heavy atom. The zero-order valence-corrected chi connectivity index (χ0v) is 15.3. The number of esters is 1. The number of carbonyl (C=O) groups is 2. The number of carbonyl (C=O) groups excluding carboxylic acids is 2. The predicted molar refractivity (Wildman–Crippen MR) is 99.0 cm³/mol. The molecule has 26 heavy (non-hydrogen) atoms. The van der Waals surface area contributed by atoms with Crippen molar-refractivity contribution in [3.05, 3.63) is 48.3 Å². The molecular weight excluding hydrogens is 332 g/mol. The van der Waals surface area contributed by atoms with Crippen LogP contribution in [0.15, 0.2) is 42.7 Å². The van der Waals surface area contributed by atoms with Crippen LogP contribution < -0.4 is 5.32 Å². The number of para-hydroxylation sites is 1. The molecule has 0 bridgehead atoms. The van der Waals surface area contributed by atoms with Gasteiger partial charge in [0.05, 0.1) is 11.8 Å². The second kappa shape index (κ2) is 7.03. The van der Waals surface area contributed by atoms with E-state index in [1.165, 1.54) is 0 Å². The molecule has 3 aromatic rings. The molecule has 0 fully saturated rings. The van der Waals surface area contributed by atoms with Gasteiger partial charge in [0.2, 0.25) is 0 Å². The third-order valence-corrected chi connectivity index (χ3v) is 4.18. The highest BCUT2D eigenvalue weighted by Crippen LogP contribution is 2.21. The predicted octanol–water partition coefficient (Wildman–Crippen LogP) is 3.14. The first-order chi connectivity index (χ1) is 12.4. The van der Waals surface area contributed by atoms with Gasteiger partial charge in [-0.25, -0.2) is 9.48 Å². The van der Waals surface area contributed by atoms with Crippen LogP contribution in [-0.2, 0) is 16.6 Å². The molecule has 0 unspecified atom stereocenters. The summed E-state index contributed by atoms with van der Waals surface area (Å²) in [4.78, 5) is 24.9. The fourth-order valence-electron chi connectivity index (χ4n) is 2.83. The number of amides is 1. The summed E-state index contributed by atoms with van der Waals surface area (Å²) in [6, 6.07) is 9.37. The van der Waals surface area contributed by atoms with Crippen molar-refractivity contribution in [1.82, 2.24) is 14.3 Å². The van der Waals surface area contributed by atoms with Gasteiger partial charge >= 0.3 is 5.97 Å². The van der Waals surface area contributed by atoms with Crippen LogP contribution in [0.3, 0.4) is 0 Å². The van der Waals surface area contributed by atoms with E-state index < -0.39 is 18.0 Å². The fourth-order valence-corrected chi connectivity index (χ4v) is 2.83. The van der Waals surface area contributed by atoms with Crippen molar-refractivity contribution in [3.63, 3.8) is 0 Å². The Morgan fingerprint density at radius 1 is 1.15 bits per heavy atom. The zero-order valence-electron chi connectivity index (χ0n) is 15.3. The number of nitrogens with one attached hydrogen (secondary N) is 1. The standard InChI is InChI=1S/C19H22N4O3/c1-12(2)23-17(9-10-20-23)21-18(24)13(3)26-19(25)15-11-22(4)16-8-6-5-7-14(15)16/h5-13H,1-4H3,(H,21,24)/t13-/m0/s1. The molecule has 1 aromatic carbocycles. The minimum atomic E-state index is -0.933. The molecular formula is C19H22N4O3. The number of aryl methyl sites for hydroxylation is 1. The van der Waals surface area contributed by atoms with Crippen molar-refractivity contribution >= 4 is 28.6 Å². The van der Waals surface area contributed by atoms with Gasteiger partial charge < -0.3 is 14.6 Å². The molecule has 7 heteroatoms. The van der Waals surface area contributed by atoms with Crippen LogP contribution in [0.25, 0.3) is 10.9 Å². The van der Waals surface area contributed by atoms with E-state index in [1.54, 1.807) is 30.1 Å². The van der Waals surface area contributed by atoms with Gasteiger partial charge in [-0.3, -0.25) is 4.79 Å². The first-order valence-electron chi connectivity index (χ1n) is 8.48. The average Bonchev–Trinajstić information content (AvgIpc) is 3.20. The summed E-state index contributed by atoms with van der Waals surface area (Å²) in [5, 5.41) is 7.71. The van der Waals surface area contributed by atoms with E-state index in [0.717, 1.165) is 10.9 Å². The number of hydrogen-bond acceptors (Lipinski definition) is 4. The number of hydrogen-bond donors (Lipinski definition) is 1. The topological polar surface area (TPSA) is 78.2 Å². The van der Waals surface area contributed by atoms with Crippen molar-refractivity contribution in [2.24, 2.45) is 7.05 Å². The molecule has 7 nitrogen and oxygen atoms in total. The van der Waals surface area contributed by atoms with E-state index >= 15 is 0 Å². The second-order valence-corrected chi connectivity index (χ2v) is 6.46. The monoisotopic (exact) mass is 354 g/mol. The molecule has 2 aromatic heterocycles. The minimum Gasteiger partial charge on any atom is -0.449 e. The normalized spacial score (nSPS) is 12.3. The molecule has 0 aliphatic carbocycles. The number of benzene rings is 1. The highest BCUT2D eigenvalue weighted by Gasteiger charge is 2.22. The Bertz CT molecular complexity index is 955. The van der Waals surface area contributed by atoms with Crippen molar-refractivity contribution in [1.29, 1.82) is 0 Å². The lowest BCUT2D eigenvalue weighted by molar-refractivity contribution is -0.123. The smallest absolute Gasteiger partial charge is 0.341 e. The summed E-state index contributed by atoms with van der Waals surface area (Å²) in [5.41, 5.74) is 1.37. The molecule has 0 saturated heterocycles. The van der Waals surface area contributed by atoms with E-state index in [2.05, 4.69) is 10.4 Å². The largest absolute Gasteiger partial charge is 0.449 e. The summed E-state index contributed by atoms with van der Waals surface area (Å²) in [6.45, 7) is 5.48. The SMILES string of the molecule is CC(C)n1nccc1NC(=O)[C@H](C)OC(=O)c1cn(C)c2ccccc12.